The summed E-state index contributed by atoms with van der Waals surface area (Å²) < 4.78 is 0. The average Bonchev–Trinajstić information content (AvgIpc) is 1.94. The minimum absolute atomic E-state index is 0.330. The third kappa shape index (κ3) is 1.32. The molecule has 0 spiro atoms. The Balaban J connectivity index is 3.09. The summed E-state index contributed by atoms with van der Waals surface area (Å²) in [5.41, 5.74) is 1.61. The molecular formula is C8H9BO. The maximum atomic E-state index is 9.18. The van der Waals surface area contributed by atoms with Crippen molar-refractivity contribution in [2.24, 2.45) is 0 Å². The number of aromatic hydroxyl groups is 1. The Labute approximate surface area is 62.1 Å². The fourth-order valence-electron chi connectivity index (χ4n) is 0.889. The van der Waals surface area contributed by atoms with Crippen molar-refractivity contribution < 1.29 is 5.11 Å². The SMILES string of the molecule is [B]c1ccc(O)c(CC)c1. The number of benzene rings is 1. The summed E-state index contributed by atoms with van der Waals surface area (Å²) in [5, 5.41) is 9.18. The molecule has 0 amide bonds. The molecule has 10 heavy (non-hydrogen) atoms. The van der Waals surface area contributed by atoms with Gasteiger partial charge in [-0.15, -0.1) is 0 Å². The minimum atomic E-state index is 0.330. The van der Waals surface area contributed by atoms with Crippen molar-refractivity contribution in [3.63, 3.8) is 0 Å². The highest BCUT2D eigenvalue weighted by molar-refractivity contribution is 6.32. The Kier molecular flexibility index (Phi) is 2.00. The van der Waals surface area contributed by atoms with E-state index >= 15 is 0 Å². The van der Waals surface area contributed by atoms with Crippen LogP contribution in [0.4, 0.5) is 0 Å². The number of rotatable bonds is 1. The third-order valence-electron chi connectivity index (χ3n) is 1.48. The second-order valence-corrected chi connectivity index (χ2v) is 2.24. The van der Waals surface area contributed by atoms with Crippen LogP contribution in [0.3, 0.4) is 0 Å². The van der Waals surface area contributed by atoms with Gasteiger partial charge in [0.1, 0.15) is 13.6 Å². The summed E-state index contributed by atoms with van der Waals surface area (Å²) in [7, 11) is 5.49. The molecule has 1 aromatic carbocycles. The lowest BCUT2D eigenvalue weighted by Gasteiger charge is -2.01. The quantitative estimate of drug-likeness (QED) is 0.559. The molecule has 2 heteroatoms. The zero-order chi connectivity index (χ0) is 7.56. The molecule has 0 fully saturated rings. The van der Waals surface area contributed by atoms with Gasteiger partial charge in [-0.05, 0) is 18.1 Å². The van der Waals surface area contributed by atoms with E-state index in [1.165, 1.54) is 0 Å². The van der Waals surface area contributed by atoms with E-state index in [0.717, 1.165) is 12.0 Å². The summed E-state index contributed by atoms with van der Waals surface area (Å²) >= 11 is 0. The molecule has 1 rings (SSSR count). The highest BCUT2D eigenvalue weighted by Gasteiger charge is 1.95. The first-order valence-corrected chi connectivity index (χ1v) is 3.31. The Morgan fingerprint density at radius 2 is 2.20 bits per heavy atom. The Morgan fingerprint density at radius 1 is 1.50 bits per heavy atom. The Bertz CT molecular complexity index is 233. The van der Waals surface area contributed by atoms with Gasteiger partial charge in [0.05, 0.1) is 0 Å². The van der Waals surface area contributed by atoms with Gasteiger partial charge in [0, 0.05) is 0 Å². The van der Waals surface area contributed by atoms with Crippen LogP contribution in [0.5, 0.6) is 5.75 Å². The van der Waals surface area contributed by atoms with Crippen molar-refractivity contribution in [3.05, 3.63) is 23.8 Å². The predicted octanol–water partition coefficient (Wildman–Crippen LogP) is 0.748. The van der Waals surface area contributed by atoms with E-state index in [9.17, 15) is 5.11 Å². The van der Waals surface area contributed by atoms with Crippen LogP contribution in [0.2, 0.25) is 0 Å². The van der Waals surface area contributed by atoms with Crippen molar-refractivity contribution in [1.82, 2.24) is 0 Å². The molecule has 0 heterocycles. The normalized spacial score (nSPS) is 9.70. The molecule has 0 saturated heterocycles. The molecule has 1 aromatic rings. The lowest BCUT2D eigenvalue weighted by molar-refractivity contribution is 0.469. The fraction of sp³-hybridized carbons (Fsp3) is 0.250. The molecule has 0 aromatic heterocycles. The maximum absolute atomic E-state index is 9.18. The molecule has 0 aliphatic rings. The average molecular weight is 132 g/mol. The Morgan fingerprint density at radius 3 is 2.70 bits per heavy atom. The van der Waals surface area contributed by atoms with Gasteiger partial charge in [-0.2, -0.15) is 0 Å². The van der Waals surface area contributed by atoms with Crippen LogP contribution in [0.25, 0.3) is 0 Å². The van der Waals surface area contributed by atoms with E-state index in [0.29, 0.717) is 11.2 Å². The third-order valence-corrected chi connectivity index (χ3v) is 1.48. The summed E-state index contributed by atoms with van der Waals surface area (Å²) in [6.45, 7) is 1.98. The first-order valence-electron chi connectivity index (χ1n) is 3.31. The monoisotopic (exact) mass is 132 g/mol. The molecule has 0 bridgehead atoms. The number of phenols is 1. The standard InChI is InChI=1S/C8H9BO/c1-2-6-5-7(9)3-4-8(6)10/h3-5,10H,2H2,1H3. The summed E-state index contributed by atoms with van der Waals surface area (Å²) in [6.07, 6.45) is 0.816. The van der Waals surface area contributed by atoms with Gasteiger partial charge in [0.25, 0.3) is 0 Å². The molecule has 50 valence electrons. The topological polar surface area (TPSA) is 20.2 Å². The minimum Gasteiger partial charge on any atom is -0.508 e. The van der Waals surface area contributed by atoms with Gasteiger partial charge in [-0.1, -0.05) is 24.5 Å². The van der Waals surface area contributed by atoms with Gasteiger partial charge in [0.2, 0.25) is 0 Å². The van der Waals surface area contributed by atoms with E-state index in [-0.39, 0.29) is 0 Å². The number of hydrogen-bond donors (Lipinski definition) is 1. The summed E-state index contributed by atoms with van der Waals surface area (Å²) in [6, 6.07) is 5.10. The van der Waals surface area contributed by atoms with Crippen LogP contribution in [0.1, 0.15) is 12.5 Å². The predicted molar refractivity (Wildman–Crippen MR) is 42.9 cm³/mol. The summed E-state index contributed by atoms with van der Waals surface area (Å²) in [4.78, 5) is 0. The van der Waals surface area contributed by atoms with E-state index in [2.05, 4.69) is 0 Å². The smallest absolute Gasteiger partial charge is 0.118 e. The van der Waals surface area contributed by atoms with E-state index in [1.807, 2.05) is 6.92 Å². The van der Waals surface area contributed by atoms with Crippen LogP contribution in [-0.4, -0.2) is 13.0 Å². The number of aryl methyl sites for hydroxylation is 1. The highest BCUT2D eigenvalue weighted by atomic mass is 16.3. The van der Waals surface area contributed by atoms with Gasteiger partial charge >= 0.3 is 0 Å². The number of phenolic OH excluding ortho intramolecular Hbond substituents is 1. The van der Waals surface area contributed by atoms with Crippen molar-refractivity contribution in [3.8, 4) is 5.75 Å². The van der Waals surface area contributed by atoms with E-state index in [1.54, 1.807) is 18.2 Å². The maximum Gasteiger partial charge on any atom is 0.118 e. The van der Waals surface area contributed by atoms with Crippen LogP contribution < -0.4 is 5.46 Å². The fourth-order valence-corrected chi connectivity index (χ4v) is 0.889. The van der Waals surface area contributed by atoms with Crippen molar-refractivity contribution in [2.75, 3.05) is 0 Å². The van der Waals surface area contributed by atoms with Crippen LogP contribution in [-0.2, 0) is 6.42 Å². The molecule has 0 aliphatic heterocycles. The molecule has 0 atom stereocenters. The Hall–Kier alpha value is -0.915. The van der Waals surface area contributed by atoms with Crippen LogP contribution >= 0.6 is 0 Å². The largest absolute Gasteiger partial charge is 0.508 e. The van der Waals surface area contributed by atoms with E-state index < -0.39 is 0 Å². The second-order valence-electron chi connectivity index (χ2n) is 2.24. The second kappa shape index (κ2) is 2.78. The first kappa shape index (κ1) is 7.20. The van der Waals surface area contributed by atoms with Gasteiger partial charge in [-0.3, -0.25) is 0 Å². The van der Waals surface area contributed by atoms with Crippen molar-refractivity contribution >= 4 is 13.3 Å². The zero-order valence-electron chi connectivity index (χ0n) is 5.96. The van der Waals surface area contributed by atoms with Gasteiger partial charge in [-0.25, -0.2) is 0 Å². The molecule has 0 saturated carbocycles. The lowest BCUT2D eigenvalue weighted by atomic mass is 9.93. The van der Waals surface area contributed by atoms with Crippen LogP contribution in [0, 0.1) is 0 Å². The van der Waals surface area contributed by atoms with Crippen LogP contribution in [0.15, 0.2) is 18.2 Å². The van der Waals surface area contributed by atoms with Gasteiger partial charge in [0.15, 0.2) is 0 Å². The molecule has 1 nitrogen and oxygen atoms in total. The molecule has 1 N–H and O–H groups in total. The molecule has 2 radical (unpaired) electrons. The van der Waals surface area contributed by atoms with Gasteiger partial charge < -0.3 is 5.11 Å². The highest BCUT2D eigenvalue weighted by Crippen LogP contribution is 2.13. The first-order chi connectivity index (χ1) is 4.74. The lowest BCUT2D eigenvalue weighted by Crippen LogP contribution is -2.01. The molecule has 0 unspecified atom stereocenters. The molecular weight excluding hydrogens is 123 g/mol. The van der Waals surface area contributed by atoms with Crippen molar-refractivity contribution in [2.45, 2.75) is 13.3 Å². The zero-order valence-corrected chi connectivity index (χ0v) is 5.96. The van der Waals surface area contributed by atoms with E-state index in [4.69, 9.17) is 7.85 Å². The molecule has 0 aliphatic carbocycles. The number of hydrogen-bond acceptors (Lipinski definition) is 1. The summed E-state index contributed by atoms with van der Waals surface area (Å²) in [5.74, 6) is 0.330. The van der Waals surface area contributed by atoms with Crippen molar-refractivity contribution in [1.29, 1.82) is 0 Å².